The van der Waals surface area contributed by atoms with E-state index in [1.165, 1.54) is 0 Å². The normalized spacial score (nSPS) is 26.7. The summed E-state index contributed by atoms with van der Waals surface area (Å²) in [7, 11) is 0. The van der Waals surface area contributed by atoms with Gasteiger partial charge in [0.15, 0.2) is 0 Å². The van der Waals surface area contributed by atoms with Gasteiger partial charge >= 0.3 is 0 Å². The van der Waals surface area contributed by atoms with Gasteiger partial charge in [0, 0.05) is 47.3 Å². The minimum atomic E-state index is -0.175. The summed E-state index contributed by atoms with van der Waals surface area (Å²) in [6.45, 7) is 24.9. The topological polar surface area (TPSA) is 70.1 Å². The number of allylic oxidation sites excluding steroid dienone is 2. The van der Waals surface area contributed by atoms with Gasteiger partial charge in [-0.2, -0.15) is 25.1 Å². The van der Waals surface area contributed by atoms with Crippen LogP contribution in [0.1, 0.15) is 159 Å². The van der Waals surface area contributed by atoms with Crippen molar-refractivity contribution < 1.29 is 9.68 Å². The van der Waals surface area contributed by atoms with Gasteiger partial charge in [0.05, 0.1) is 12.2 Å². The maximum Gasteiger partial charge on any atom is 0.231 e. The Morgan fingerprint density at radius 2 is 1.00 bits per heavy atom. The van der Waals surface area contributed by atoms with Gasteiger partial charge in [-0.25, -0.2) is 0 Å². The van der Waals surface area contributed by atoms with Crippen LogP contribution < -0.4 is 9.80 Å². The van der Waals surface area contributed by atoms with Crippen molar-refractivity contribution in [2.45, 2.75) is 206 Å². The Morgan fingerprint density at radius 1 is 0.627 bits per heavy atom. The summed E-state index contributed by atoms with van der Waals surface area (Å²) in [5.41, 5.74) is -0.698. The van der Waals surface area contributed by atoms with Crippen LogP contribution in [0.25, 0.3) is 0 Å². The maximum absolute atomic E-state index is 6.89. The third-order valence-corrected chi connectivity index (χ3v) is 11.7. The number of piperidine rings is 2. The smallest absolute Gasteiger partial charge is 0.231 e. The minimum absolute atomic E-state index is 0.175. The van der Waals surface area contributed by atoms with Crippen LogP contribution in [0.3, 0.4) is 0 Å². The van der Waals surface area contributed by atoms with Gasteiger partial charge in [0.25, 0.3) is 0 Å². The monoisotopic (exact) mass is 728 g/mol. The number of hydrogen-bond acceptors (Lipinski definition) is 9. The highest BCUT2D eigenvalue weighted by Crippen LogP contribution is 2.44. The van der Waals surface area contributed by atoms with Crippen LogP contribution in [0.2, 0.25) is 5.28 Å². The van der Waals surface area contributed by atoms with Crippen LogP contribution in [-0.2, 0) is 9.68 Å². The third-order valence-electron chi connectivity index (χ3n) is 11.6. The Balaban J connectivity index is 1.43. The van der Waals surface area contributed by atoms with E-state index in [0.717, 1.165) is 103 Å². The molecule has 2 unspecified atom stereocenters. The number of halogens is 1. The standard InChI is InChI=1S/C41H70ClN7O2/c1-11-13-25-46(31-27-38(3,4)48(39(5,6)28-31)50-33-21-17-15-18-22-33)36-43-35(42)44-37(45-36)47(26-14-12-2)32-29-40(7,8)49(41(9,10)30-32)51-34-23-19-16-20-24-34/h15-17,19,31-34H,11-14,18,20-30H2,1-10H3. The van der Waals surface area contributed by atoms with E-state index in [0.29, 0.717) is 11.9 Å². The number of unbranched alkanes of at least 4 members (excludes halogenated alkanes) is 2. The van der Waals surface area contributed by atoms with Crippen molar-refractivity contribution in [2.75, 3.05) is 22.9 Å². The third kappa shape index (κ3) is 9.86. The molecular formula is C41H70ClN7O2. The highest BCUT2D eigenvalue weighted by atomic mass is 35.5. The molecule has 2 fully saturated rings. The number of aromatic nitrogens is 3. The Kier molecular flexibility index (Phi) is 13.2. The molecule has 288 valence electrons. The first-order chi connectivity index (χ1) is 24.1. The van der Waals surface area contributed by atoms with Gasteiger partial charge in [-0.15, -0.1) is 0 Å². The fraction of sp³-hybridized carbons (Fsp3) is 0.829. The Bertz CT molecular complexity index is 1210. The van der Waals surface area contributed by atoms with Gasteiger partial charge < -0.3 is 9.80 Å². The van der Waals surface area contributed by atoms with E-state index in [9.17, 15) is 0 Å². The van der Waals surface area contributed by atoms with E-state index in [1.54, 1.807) is 0 Å². The van der Waals surface area contributed by atoms with Crippen molar-refractivity contribution >= 4 is 23.5 Å². The molecule has 0 N–H and O–H groups in total. The highest BCUT2D eigenvalue weighted by molar-refractivity contribution is 6.28. The van der Waals surface area contributed by atoms with Gasteiger partial charge in [-0.1, -0.05) is 51.0 Å². The molecule has 4 aliphatic rings. The van der Waals surface area contributed by atoms with E-state index in [-0.39, 0.29) is 51.7 Å². The van der Waals surface area contributed by atoms with E-state index in [2.05, 4.69) is 113 Å². The van der Waals surface area contributed by atoms with Gasteiger partial charge in [0.2, 0.25) is 17.2 Å². The number of hydroxylamine groups is 4. The summed E-state index contributed by atoms with van der Waals surface area (Å²) >= 11 is 6.89. The van der Waals surface area contributed by atoms with E-state index >= 15 is 0 Å². The summed E-state index contributed by atoms with van der Waals surface area (Å²) in [6.07, 6.45) is 23.9. The molecule has 0 saturated carbocycles. The largest absolute Gasteiger partial charge is 0.338 e. The lowest BCUT2D eigenvalue weighted by atomic mass is 9.78. The molecular weight excluding hydrogens is 658 g/mol. The van der Waals surface area contributed by atoms with Crippen molar-refractivity contribution in [3.63, 3.8) is 0 Å². The molecule has 0 bridgehead atoms. The molecule has 0 spiro atoms. The molecule has 0 amide bonds. The fourth-order valence-corrected chi connectivity index (χ4v) is 9.74. The molecule has 2 aliphatic carbocycles. The second kappa shape index (κ2) is 16.7. The number of anilines is 2. The highest BCUT2D eigenvalue weighted by Gasteiger charge is 2.51. The van der Waals surface area contributed by atoms with Crippen molar-refractivity contribution in [3.05, 3.63) is 29.6 Å². The lowest BCUT2D eigenvalue weighted by Crippen LogP contribution is -2.65. The van der Waals surface area contributed by atoms with Crippen LogP contribution >= 0.6 is 11.6 Å². The lowest BCUT2D eigenvalue weighted by Gasteiger charge is -2.56. The van der Waals surface area contributed by atoms with Gasteiger partial charge in [-0.05, 0) is 144 Å². The van der Waals surface area contributed by atoms with Crippen molar-refractivity contribution in [3.8, 4) is 0 Å². The SMILES string of the molecule is CCCCN(c1nc(Cl)nc(N(CCCC)C2CC(C)(C)N(OC3CC=CCC3)C(C)(C)C2)n1)C1CC(C)(C)N(OC2CC=CCC2)C(C)(C)C1. The molecule has 1 aromatic heterocycles. The zero-order valence-corrected chi connectivity index (χ0v) is 34.5. The molecule has 10 heteroatoms. The molecule has 3 heterocycles. The summed E-state index contributed by atoms with van der Waals surface area (Å²) < 4.78 is 0. The second-order valence-corrected chi connectivity index (χ2v) is 18.6. The van der Waals surface area contributed by atoms with Crippen LogP contribution in [0.4, 0.5) is 11.9 Å². The van der Waals surface area contributed by atoms with Crippen molar-refractivity contribution in [1.82, 2.24) is 25.1 Å². The van der Waals surface area contributed by atoms with Crippen molar-refractivity contribution in [2.24, 2.45) is 0 Å². The fourth-order valence-electron chi connectivity index (χ4n) is 9.59. The first-order valence-corrected chi connectivity index (χ1v) is 20.6. The molecule has 0 radical (unpaired) electrons. The minimum Gasteiger partial charge on any atom is -0.338 e. The first kappa shape index (κ1) is 40.4. The van der Waals surface area contributed by atoms with Crippen LogP contribution in [-0.4, -0.2) is 84.6 Å². The van der Waals surface area contributed by atoms with E-state index in [1.807, 2.05) is 0 Å². The Labute approximate surface area is 315 Å². The van der Waals surface area contributed by atoms with E-state index in [4.69, 9.17) is 36.2 Å². The quantitative estimate of drug-likeness (QED) is 0.174. The number of nitrogens with zero attached hydrogens (tertiary/aromatic N) is 7. The predicted molar refractivity (Wildman–Crippen MR) is 211 cm³/mol. The molecule has 0 aromatic carbocycles. The molecule has 2 saturated heterocycles. The average Bonchev–Trinajstić information content (AvgIpc) is 3.05. The summed E-state index contributed by atoms with van der Waals surface area (Å²) in [5.74, 6) is 1.40. The second-order valence-electron chi connectivity index (χ2n) is 18.3. The van der Waals surface area contributed by atoms with Crippen molar-refractivity contribution in [1.29, 1.82) is 0 Å². The van der Waals surface area contributed by atoms with Crippen LogP contribution in [0.5, 0.6) is 0 Å². The molecule has 51 heavy (non-hydrogen) atoms. The van der Waals surface area contributed by atoms with Crippen LogP contribution in [0.15, 0.2) is 24.3 Å². The first-order valence-electron chi connectivity index (χ1n) is 20.3. The summed E-state index contributed by atoms with van der Waals surface area (Å²) in [4.78, 5) is 33.6. The zero-order valence-electron chi connectivity index (χ0n) is 33.8. The number of hydrogen-bond donors (Lipinski definition) is 0. The number of rotatable bonds is 14. The van der Waals surface area contributed by atoms with Gasteiger partial charge in [-0.3, -0.25) is 9.68 Å². The predicted octanol–water partition coefficient (Wildman–Crippen LogP) is 9.86. The van der Waals surface area contributed by atoms with Crippen LogP contribution in [0, 0.1) is 0 Å². The molecule has 1 aromatic rings. The van der Waals surface area contributed by atoms with Gasteiger partial charge in [0.1, 0.15) is 0 Å². The molecule has 9 nitrogen and oxygen atoms in total. The maximum atomic E-state index is 6.89. The lowest BCUT2D eigenvalue weighted by molar-refractivity contribution is -0.307. The van der Waals surface area contributed by atoms with E-state index < -0.39 is 0 Å². The Hall–Kier alpha value is -1.78. The summed E-state index contributed by atoms with van der Waals surface area (Å²) in [6, 6.07) is 0.465. The zero-order chi connectivity index (χ0) is 37.0. The molecule has 2 atom stereocenters. The summed E-state index contributed by atoms with van der Waals surface area (Å²) in [5, 5.41) is 4.91. The Morgan fingerprint density at radius 3 is 1.31 bits per heavy atom. The molecule has 2 aliphatic heterocycles. The molecule has 5 rings (SSSR count). The average molecular weight is 729 g/mol.